The summed E-state index contributed by atoms with van der Waals surface area (Å²) in [6.45, 7) is 1.86. The molecule has 1 aliphatic carbocycles. The number of carbonyl (C=O) groups excluding carboxylic acids is 1. The van der Waals surface area contributed by atoms with Crippen LogP contribution in [0.4, 0.5) is 29.2 Å². The Morgan fingerprint density at radius 3 is 2.45 bits per heavy atom. The maximum Gasteiger partial charge on any atom is 0.407 e. The zero-order valence-electron chi connectivity index (χ0n) is 30.6. The van der Waals surface area contributed by atoms with E-state index in [-0.39, 0.29) is 41.8 Å². The Morgan fingerprint density at radius 2 is 1.82 bits per heavy atom. The highest BCUT2D eigenvalue weighted by Gasteiger charge is 2.40. The van der Waals surface area contributed by atoms with Crippen LogP contribution < -0.4 is 29.7 Å². The second kappa shape index (κ2) is 18.4. The summed E-state index contributed by atoms with van der Waals surface area (Å²) in [5.41, 5.74) is 0.737. The van der Waals surface area contributed by atoms with Crippen LogP contribution in [0, 0.1) is 23.0 Å². The molecule has 1 saturated carbocycles. The van der Waals surface area contributed by atoms with E-state index in [1.165, 1.54) is 14.2 Å². The molecule has 1 aliphatic rings. The second-order valence-corrected chi connectivity index (χ2v) is 15.9. The fourth-order valence-electron chi connectivity index (χ4n) is 6.62. The zero-order chi connectivity index (χ0) is 39.6. The summed E-state index contributed by atoms with van der Waals surface area (Å²) in [5.74, 6) is -1.87. The molecule has 1 aromatic heterocycles. The van der Waals surface area contributed by atoms with Crippen LogP contribution in [-0.4, -0.2) is 68.4 Å². The van der Waals surface area contributed by atoms with Gasteiger partial charge in [-0.1, -0.05) is 36.8 Å². The summed E-state index contributed by atoms with van der Waals surface area (Å²) >= 11 is 0.760. The van der Waals surface area contributed by atoms with E-state index in [9.17, 15) is 23.1 Å². The molecule has 2 atom stereocenters. The van der Waals surface area contributed by atoms with Crippen LogP contribution in [-0.2, 0) is 27.9 Å². The molecule has 1 fully saturated rings. The molecular weight excluding hydrogens is 759 g/mol. The van der Waals surface area contributed by atoms with Crippen molar-refractivity contribution < 1.29 is 46.1 Å². The monoisotopic (exact) mass is 802 g/mol. The Morgan fingerprint density at radius 1 is 1.05 bits per heavy atom. The van der Waals surface area contributed by atoms with Crippen LogP contribution in [0.1, 0.15) is 50.2 Å². The third-order valence-electron chi connectivity index (χ3n) is 9.82. The van der Waals surface area contributed by atoms with Crippen molar-refractivity contribution in [3.8, 4) is 11.5 Å². The Bertz CT molecular complexity index is 2020. The number of benzene rings is 3. The van der Waals surface area contributed by atoms with Crippen molar-refractivity contribution in [3.63, 3.8) is 0 Å². The van der Waals surface area contributed by atoms with E-state index in [0.29, 0.717) is 42.5 Å². The summed E-state index contributed by atoms with van der Waals surface area (Å²) in [4.78, 5) is 27.1. The molecular formula is C37H44F2N6O8S2. The number of aromatic nitrogens is 2. The normalized spacial score (nSPS) is 14.5. The molecule has 4 aromatic rings. The number of amides is 2. The third kappa shape index (κ3) is 10.5. The first-order valence-electron chi connectivity index (χ1n) is 17.5. The number of alkyl carbamates (subject to hydrolysis) is 1. The predicted octanol–water partition coefficient (Wildman–Crippen LogP) is 6.79. The molecule has 3 aromatic carbocycles. The number of rotatable bonds is 19. The molecule has 0 unspecified atom stereocenters. The van der Waals surface area contributed by atoms with Gasteiger partial charge in [-0.2, -0.15) is 4.37 Å². The average molecular weight is 803 g/mol. The topological polar surface area (TPSA) is 181 Å². The molecule has 1 heterocycles. The Kier molecular flexibility index (Phi) is 13.7. The maximum absolute atomic E-state index is 15.8. The zero-order valence-corrected chi connectivity index (χ0v) is 32.2. The van der Waals surface area contributed by atoms with Gasteiger partial charge in [0.05, 0.1) is 26.5 Å². The lowest BCUT2D eigenvalue weighted by Crippen LogP contribution is -2.45. The SMILES string of the molecule is COc1ccc(CN(c2ncns2)S(=O)(=O)c2cc(F)c(NC[C@H](CC3(CCNC(=O)OCc4ccccc4)CCC3)[C@@H](C)NC(=O)O)cc2F)c(OC)c1. The maximum atomic E-state index is 15.8. The third-order valence-corrected chi connectivity index (χ3v) is 12.4. The van der Waals surface area contributed by atoms with Crippen molar-refractivity contribution >= 4 is 44.6 Å². The number of nitrogens with zero attached hydrogens (tertiary/aromatic N) is 3. The predicted molar refractivity (Wildman–Crippen MR) is 202 cm³/mol. The summed E-state index contributed by atoms with van der Waals surface area (Å²) in [5, 5.41) is 17.6. The lowest BCUT2D eigenvalue weighted by Gasteiger charge is -2.45. The summed E-state index contributed by atoms with van der Waals surface area (Å²) < 4.78 is 80.3. The highest BCUT2D eigenvalue weighted by atomic mass is 32.2. The number of sulfonamides is 1. The van der Waals surface area contributed by atoms with E-state index < -0.39 is 44.8 Å². The number of hydrogen-bond acceptors (Lipinski definition) is 11. The van der Waals surface area contributed by atoms with Gasteiger partial charge in [0, 0.05) is 48.4 Å². The molecule has 0 aliphatic heterocycles. The molecule has 55 heavy (non-hydrogen) atoms. The number of hydrogen-bond donors (Lipinski definition) is 4. The van der Waals surface area contributed by atoms with Crippen LogP contribution in [0.3, 0.4) is 0 Å². The highest BCUT2D eigenvalue weighted by Crippen LogP contribution is 2.49. The molecule has 4 N–H and O–H groups in total. The number of halogens is 2. The van der Waals surface area contributed by atoms with Gasteiger partial charge in [0.25, 0.3) is 10.0 Å². The highest BCUT2D eigenvalue weighted by molar-refractivity contribution is 7.93. The van der Waals surface area contributed by atoms with Crippen molar-refractivity contribution in [2.24, 2.45) is 11.3 Å². The molecule has 0 radical (unpaired) electrons. The van der Waals surface area contributed by atoms with Crippen molar-refractivity contribution in [2.45, 2.75) is 63.1 Å². The minimum absolute atomic E-state index is 0.0341. The number of carboxylic acid groups (broad SMARTS) is 1. The lowest BCUT2D eigenvalue weighted by atomic mass is 9.61. The molecule has 0 bridgehead atoms. The van der Waals surface area contributed by atoms with Gasteiger partial charge in [-0.25, -0.2) is 36.1 Å². The van der Waals surface area contributed by atoms with Gasteiger partial charge in [0.15, 0.2) is 0 Å². The number of ether oxygens (including phenoxy) is 3. The van der Waals surface area contributed by atoms with E-state index in [1.807, 2.05) is 30.3 Å². The number of anilines is 2. The largest absolute Gasteiger partial charge is 0.497 e. The second-order valence-electron chi connectivity index (χ2n) is 13.4. The number of nitrogens with one attached hydrogen (secondary N) is 3. The molecule has 14 nitrogen and oxygen atoms in total. The summed E-state index contributed by atoms with van der Waals surface area (Å²) in [7, 11) is -1.87. The summed E-state index contributed by atoms with van der Waals surface area (Å²) in [6, 6.07) is 14.8. The van der Waals surface area contributed by atoms with Crippen LogP contribution in [0.2, 0.25) is 0 Å². The molecule has 18 heteroatoms. The van der Waals surface area contributed by atoms with Crippen LogP contribution in [0.5, 0.6) is 11.5 Å². The Balaban J connectivity index is 1.29. The van der Waals surface area contributed by atoms with E-state index in [0.717, 1.165) is 53.1 Å². The Labute approximate surface area is 322 Å². The van der Waals surface area contributed by atoms with E-state index in [4.69, 9.17) is 14.2 Å². The fraction of sp³-hybridized carbons (Fsp3) is 0.405. The van der Waals surface area contributed by atoms with Gasteiger partial charge in [-0.05, 0) is 67.7 Å². The van der Waals surface area contributed by atoms with Gasteiger partial charge in [-0.15, -0.1) is 0 Å². The summed E-state index contributed by atoms with van der Waals surface area (Å²) in [6.07, 6.45) is 3.13. The van der Waals surface area contributed by atoms with E-state index in [2.05, 4.69) is 25.3 Å². The smallest absolute Gasteiger partial charge is 0.407 e. The first kappa shape index (κ1) is 40.9. The van der Waals surface area contributed by atoms with Gasteiger partial charge in [0.2, 0.25) is 5.13 Å². The van der Waals surface area contributed by atoms with Crippen LogP contribution >= 0.6 is 11.5 Å². The first-order valence-corrected chi connectivity index (χ1v) is 19.7. The fourth-order valence-corrected chi connectivity index (χ4v) is 8.81. The van der Waals surface area contributed by atoms with Crippen molar-refractivity contribution in [2.75, 3.05) is 36.9 Å². The van der Waals surface area contributed by atoms with Crippen molar-refractivity contribution in [1.82, 2.24) is 20.0 Å². The molecule has 0 saturated heterocycles. The lowest BCUT2D eigenvalue weighted by molar-refractivity contribution is 0.0731. The van der Waals surface area contributed by atoms with E-state index >= 15 is 8.78 Å². The van der Waals surface area contributed by atoms with Gasteiger partial charge in [-0.3, -0.25) is 0 Å². The average Bonchev–Trinajstić information content (AvgIpc) is 3.69. The molecule has 0 spiro atoms. The molecule has 296 valence electrons. The number of methoxy groups -OCH3 is 2. The minimum atomic E-state index is -4.75. The quantitative estimate of drug-likeness (QED) is 0.0784. The van der Waals surface area contributed by atoms with Crippen molar-refractivity contribution in [1.29, 1.82) is 0 Å². The van der Waals surface area contributed by atoms with Crippen LogP contribution in [0.15, 0.2) is 71.9 Å². The Hall–Kier alpha value is -5.23. The van der Waals surface area contributed by atoms with Gasteiger partial charge in [0.1, 0.15) is 41.0 Å². The first-order chi connectivity index (χ1) is 26.3. The van der Waals surface area contributed by atoms with Gasteiger partial charge < -0.3 is 35.3 Å². The molecule has 5 rings (SSSR count). The standard InChI is InChI=1S/C37H44F2N6O8S2/c1-24(44-35(46)47)27(19-37(12-7-13-37)14-15-40-36(48)53-22-25-8-5-4-6-9-25)20-41-31-17-30(39)33(18-29(31)38)55(49,50)45(34-42-23-43-54-34)21-26-10-11-28(51-2)16-32(26)52-3/h4-6,8-11,16-18,23-24,27,41,44H,7,12-15,19-22H2,1-3H3,(H,40,48)(H,46,47)/t24-,27+/m1/s1. The van der Waals surface area contributed by atoms with E-state index in [1.54, 1.807) is 25.1 Å². The van der Waals surface area contributed by atoms with Crippen molar-refractivity contribution in [3.05, 3.63) is 89.8 Å². The minimum Gasteiger partial charge on any atom is -0.497 e. The molecule has 2 amide bonds. The van der Waals surface area contributed by atoms with Gasteiger partial charge >= 0.3 is 12.2 Å². The van der Waals surface area contributed by atoms with Crippen LogP contribution in [0.25, 0.3) is 0 Å². The number of carbonyl (C=O) groups is 2.